The second-order valence-electron chi connectivity index (χ2n) is 1.32. The molecule has 0 N–H and O–H groups in total. The third kappa shape index (κ3) is 1.53. The Labute approximate surface area is 76.7 Å². The Morgan fingerprint density at radius 2 is 2.20 bits per heavy atom. The maximum Gasteiger partial charge on any atom is 0.359 e. The first-order chi connectivity index (χ1) is 4.61. The van der Waals surface area contributed by atoms with Gasteiger partial charge in [-0.15, -0.1) is 0 Å². The van der Waals surface area contributed by atoms with Crippen molar-refractivity contribution in [1.82, 2.24) is 4.98 Å². The standard InChI is InChI=1S/C3Br2N2O2S/c4-1-2(7(8)9)10-3(5)6-1. The fourth-order valence-electron chi connectivity index (χ4n) is 0.382. The van der Waals surface area contributed by atoms with E-state index in [1.54, 1.807) is 0 Å². The van der Waals surface area contributed by atoms with Gasteiger partial charge in [0.25, 0.3) is 0 Å². The van der Waals surface area contributed by atoms with Crippen molar-refractivity contribution in [2.24, 2.45) is 0 Å². The lowest BCUT2D eigenvalue weighted by Crippen LogP contribution is -1.83. The Morgan fingerprint density at radius 1 is 1.60 bits per heavy atom. The molecule has 0 unspecified atom stereocenters. The second-order valence-corrected chi connectivity index (χ2v) is 4.32. The van der Waals surface area contributed by atoms with Crippen LogP contribution in [0.25, 0.3) is 0 Å². The molecule has 0 saturated carbocycles. The van der Waals surface area contributed by atoms with E-state index in [9.17, 15) is 10.1 Å². The third-order valence-electron chi connectivity index (χ3n) is 0.709. The van der Waals surface area contributed by atoms with Crippen molar-refractivity contribution < 1.29 is 4.92 Å². The van der Waals surface area contributed by atoms with Crippen LogP contribution in [0.5, 0.6) is 0 Å². The third-order valence-corrected chi connectivity index (χ3v) is 2.98. The Hall–Kier alpha value is -0.0100. The molecule has 10 heavy (non-hydrogen) atoms. The van der Waals surface area contributed by atoms with Crippen molar-refractivity contribution in [3.63, 3.8) is 0 Å². The van der Waals surface area contributed by atoms with Gasteiger partial charge in [-0.3, -0.25) is 10.1 Å². The fourth-order valence-corrected chi connectivity index (χ4v) is 2.44. The van der Waals surface area contributed by atoms with Gasteiger partial charge < -0.3 is 0 Å². The number of nitrogens with zero attached hydrogens (tertiary/aromatic N) is 2. The molecule has 0 fully saturated rings. The minimum Gasteiger partial charge on any atom is -0.257 e. The quantitative estimate of drug-likeness (QED) is 0.589. The Kier molecular flexibility index (Phi) is 2.37. The minimum atomic E-state index is -0.480. The van der Waals surface area contributed by atoms with Crippen LogP contribution < -0.4 is 0 Å². The van der Waals surface area contributed by atoms with Crippen molar-refractivity contribution in [1.29, 1.82) is 0 Å². The van der Waals surface area contributed by atoms with Crippen molar-refractivity contribution in [3.05, 3.63) is 18.6 Å². The Morgan fingerprint density at radius 3 is 2.40 bits per heavy atom. The number of nitro groups is 1. The lowest BCUT2D eigenvalue weighted by Gasteiger charge is -1.80. The average Bonchev–Trinajstić information content (AvgIpc) is 2.10. The first-order valence-electron chi connectivity index (χ1n) is 2.07. The van der Waals surface area contributed by atoms with Crippen LogP contribution in [0.4, 0.5) is 5.00 Å². The molecule has 1 aromatic heterocycles. The molecule has 0 atom stereocenters. The van der Waals surface area contributed by atoms with E-state index in [1.165, 1.54) is 0 Å². The van der Waals surface area contributed by atoms with E-state index >= 15 is 0 Å². The topological polar surface area (TPSA) is 56.0 Å². The molecule has 0 aliphatic rings. The highest BCUT2D eigenvalue weighted by Gasteiger charge is 2.17. The van der Waals surface area contributed by atoms with Gasteiger partial charge in [0.2, 0.25) is 0 Å². The Balaban J connectivity index is 3.15. The number of hydrogen-bond donors (Lipinski definition) is 0. The summed E-state index contributed by atoms with van der Waals surface area (Å²) in [6.07, 6.45) is 0. The number of aromatic nitrogens is 1. The molecule has 0 bridgehead atoms. The zero-order valence-electron chi connectivity index (χ0n) is 4.38. The summed E-state index contributed by atoms with van der Waals surface area (Å²) >= 11 is 6.95. The lowest BCUT2D eigenvalue weighted by molar-refractivity contribution is -0.381. The van der Waals surface area contributed by atoms with Gasteiger partial charge in [-0.05, 0) is 43.2 Å². The molecular formula is C3Br2N2O2S. The van der Waals surface area contributed by atoms with Crippen molar-refractivity contribution >= 4 is 48.2 Å². The van der Waals surface area contributed by atoms with Gasteiger partial charge in [0.05, 0.1) is 4.92 Å². The Bertz CT molecular complexity index is 273. The maximum absolute atomic E-state index is 10.2. The van der Waals surface area contributed by atoms with Crippen LogP contribution in [0.3, 0.4) is 0 Å². The summed E-state index contributed by atoms with van der Waals surface area (Å²) in [4.78, 5) is 13.4. The average molecular weight is 288 g/mol. The van der Waals surface area contributed by atoms with E-state index in [1.807, 2.05) is 0 Å². The predicted octanol–water partition coefficient (Wildman–Crippen LogP) is 2.58. The van der Waals surface area contributed by atoms with E-state index in [2.05, 4.69) is 36.8 Å². The van der Waals surface area contributed by atoms with E-state index < -0.39 is 4.92 Å². The predicted molar refractivity (Wildman–Crippen MR) is 44.2 cm³/mol. The molecule has 0 saturated heterocycles. The van der Waals surface area contributed by atoms with Gasteiger partial charge in [0.1, 0.15) is 0 Å². The summed E-state index contributed by atoms with van der Waals surface area (Å²) < 4.78 is 0.778. The highest BCUT2D eigenvalue weighted by atomic mass is 79.9. The van der Waals surface area contributed by atoms with Crippen LogP contribution in [-0.2, 0) is 0 Å². The molecule has 0 spiro atoms. The molecule has 0 aliphatic carbocycles. The van der Waals surface area contributed by atoms with Crippen molar-refractivity contribution in [3.8, 4) is 0 Å². The number of rotatable bonds is 1. The molecule has 4 nitrogen and oxygen atoms in total. The number of halogens is 2. The van der Waals surface area contributed by atoms with Crippen LogP contribution in [0, 0.1) is 10.1 Å². The molecular weight excluding hydrogens is 288 g/mol. The summed E-state index contributed by atoms with van der Waals surface area (Å²) in [5.41, 5.74) is 0. The van der Waals surface area contributed by atoms with Crippen LogP contribution in [0.1, 0.15) is 0 Å². The summed E-state index contributed by atoms with van der Waals surface area (Å²) in [5.74, 6) is 0. The highest BCUT2D eigenvalue weighted by Crippen LogP contribution is 2.33. The van der Waals surface area contributed by atoms with Gasteiger partial charge in [-0.1, -0.05) is 0 Å². The zero-order valence-corrected chi connectivity index (χ0v) is 8.36. The summed E-state index contributed by atoms with van der Waals surface area (Å²) in [6, 6.07) is 0. The first-order valence-corrected chi connectivity index (χ1v) is 4.47. The van der Waals surface area contributed by atoms with Gasteiger partial charge in [-0.25, -0.2) is 4.98 Å². The molecule has 0 amide bonds. The van der Waals surface area contributed by atoms with Crippen LogP contribution in [-0.4, -0.2) is 9.91 Å². The number of hydrogen-bond acceptors (Lipinski definition) is 4. The monoisotopic (exact) mass is 286 g/mol. The van der Waals surface area contributed by atoms with Crippen molar-refractivity contribution in [2.75, 3.05) is 0 Å². The zero-order chi connectivity index (χ0) is 7.72. The van der Waals surface area contributed by atoms with Crippen molar-refractivity contribution in [2.45, 2.75) is 0 Å². The van der Waals surface area contributed by atoms with E-state index in [-0.39, 0.29) is 9.60 Å². The summed E-state index contributed by atoms with van der Waals surface area (Å²) in [7, 11) is 0. The molecule has 54 valence electrons. The first kappa shape index (κ1) is 8.09. The second kappa shape index (κ2) is 2.93. The van der Waals surface area contributed by atoms with Crippen LogP contribution in [0.2, 0.25) is 0 Å². The number of thiazole rings is 1. The molecule has 0 aliphatic heterocycles. The smallest absolute Gasteiger partial charge is 0.257 e. The molecule has 1 rings (SSSR count). The SMILES string of the molecule is O=[N+]([O-])c1sc(Br)nc1Br. The van der Waals surface area contributed by atoms with Gasteiger partial charge in [-0.2, -0.15) is 0 Å². The van der Waals surface area contributed by atoms with E-state index in [0.717, 1.165) is 11.3 Å². The van der Waals surface area contributed by atoms with Gasteiger partial charge in [0.15, 0.2) is 8.52 Å². The fraction of sp³-hybridized carbons (Fsp3) is 0. The van der Waals surface area contributed by atoms with Crippen LogP contribution in [0.15, 0.2) is 8.52 Å². The van der Waals surface area contributed by atoms with Crippen LogP contribution >= 0.6 is 43.2 Å². The largest absolute Gasteiger partial charge is 0.359 e. The molecule has 1 aromatic rings. The summed E-state index contributed by atoms with van der Waals surface area (Å²) in [5, 5.41) is 10.2. The van der Waals surface area contributed by atoms with Gasteiger partial charge in [0, 0.05) is 0 Å². The summed E-state index contributed by atoms with van der Waals surface area (Å²) in [6.45, 7) is 0. The molecule has 1 heterocycles. The molecule has 0 aromatic carbocycles. The minimum absolute atomic E-state index is 0.0203. The normalized spacial score (nSPS) is 9.80. The van der Waals surface area contributed by atoms with E-state index in [0.29, 0.717) is 3.92 Å². The highest BCUT2D eigenvalue weighted by molar-refractivity contribution is 9.11. The van der Waals surface area contributed by atoms with Gasteiger partial charge >= 0.3 is 5.00 Å². The molecule has 0 radical (unpaired) electrons. The molecule has 7 heteroatoms. The maximum atomic E-state index is 10.2. The lowest BCUT2D eigenvalue weighted by atomic mass is 10.9. The van der Waals surface area contributed by atoms with E-state index in [4.69, 9.17) is 0 Å².